The summed E-state index contributed by atoms with van der Waals surface area (Å²) in [4.78, 5) is 24.4. The highest BCUT2D eigenvalue weighted by atomic mass is 16.6. The number of hydrogen-bond donors (Lipinski definition) is 1. The molecule has 6 heteroatoms. The van der Waals surface area contributed by atoms with E-state index in [-0.39, 0.29) is 24.5 Å². The highest BCUT2D eigenvalue weighted by Crippen LogP contribution is 2.34. The van der Waals surface area contributed by atoms with E-state index in [1.165, 1.54) is 0 Å². The molecule has 0 saturated carbocycles. The van der Waals surface area contributed by atoms with Crippen LogP contribution in [0, 0.1) is 12.8 Å². The SMILES string of the molecule is Cc1ccc(C(=O)OCC(=O)N[C@@H](c2ccc3c(c2)OCCO3)C(C)C)cc1. The van der Waals surface area contributed by atoms with E-state index in [1.807, 2.05) is 51.1 Å². The van der Waals surface area contributed by atoms with E-state index < -0.39 is 5.97 Å². The zero-order valence-corrected chi connectivity index (χ0v) is 16.4. The summed E-state index contributed by atoms with van der Waals surface area (Å²) in [6.07, 6.45) is 0. The molecule has 0 spiro atoms. The lowest BCUT2D eigenvalue weighted by atomic mass is 9.95. The van der Waals surface area contributed by atoms with Crippen molar-refractivity contribution in [2.75, 3.05) is 19.8 Å². The Labute approximate surface area is 164 Å². The summed E-state index contributed by atoms with van der Waals surface area (Å²) in [6, 6.07) is 12.4. The van der Waals surface area contributed by atoms with Gasteiger partial charge in [-0.3, -0.25) is 4.79 Å². The normalized spacial score (nSPS) is 13.7. The van der Waals surface area contributed by atoms with Crippen molar-refractivity contribution in [2.24, 2.45) is 5.92 Å². The third-order valence-electron chi connectivity index (χ3n) is 4.53. The predicted octanol–water partition coefficient (Wildman–Crippen LogP) is 3.44. The number of hydrogen-bond acceptors (Lipinski definition) is 5. The molecular weight excluding hydrogens is 358 g/mol. The quantitative estimate of drug-likeness (QED) is 0.774. The molecule has 0 aromatic heterocycles. The van der Waals surface area contributed by atoms with E-state index in [1.54, 1.807) is 12.1 Å². The molecule has 6 nitrogen and oxygen atoms in total. The maximum absolute atomic E-state index is 12.4. The molecule has 3 rings (SSSR count). The maximum Gasteiger partial charge on any atom is 0.338 e. The van der Waals surface area contributed by atoms with Gasteiger partial charge in [0.05, 0.1) is 11.6 Å². The number of aryl methyl sites for hydroxylation is 1. The molecule has 0 bridgehead atoms. The van der Waals surface area contributed by atoms with Crippen molar-refractivity contribution >= 4 is 11.9 Å². The third-order valence-corrected chi connectivity index (χ3v) is 4.53. The fourth-order valence-electron chi connectivity index (χ4n) is 3.01. The number of nitrogens with one attached hydrogen (secondary N) is 1. The lowest BCUT2D eigenvalue weighted by molar-refractivity contribution is -0.125. The molecule has 1 atom stereocenters. The summed E-state index contributed by atoms with van der Waals surface area (Å²) in [5, 5.41) is 2.94. The summed E-state index contributed by atoms with van der Waals surface area (Å²) in [6.45, 7) is 6.67. The second-order valence-corrected chi connectivity index (χ2v) is 7.13. The molecule has 0 unspecified atom stereocenters. The van der Waals surface area contributed by atoms with Crippen LogP contribution in [0.15, 0.2) is 42.5 Å². The monoisotopic (exact) mass is 383 g/mol. The Bertz CT molecular complexity index is 845. The Morgan fingerprint density at radius 1 is 1.04 bits per heavy atom. The van der Waals surface area contributed by atoms with Gasteiger partial charge >= 0.3 is 5.97 Å². The zero-order valence-electron chi connectivity index (χ0n) is 16.4. The number of ether oxygens (including phenoxy) is 3. The van der Waals surface area contributed by atoms with Gasteiger partial charge in [0.1, 0.15) is 13.2 Å². The van der Waals surface area contributed by atoms with Crippen molar-refractivity contribution in [3.8, 4) is 11.5 Å². The first-order chi connectivity index (χ1) is 13.4. The van der Waals surface area contributed by atoms with Crippen LogP contribution in [0.2, 0.25) is 0 Å². The van der Waals surface area contributed by atoms with Crippen molar-refractivity contribution in [2.45, 2.75) is 26.8 Å². The van der Waals surface area contributed by atoms with Gasteiger partial charge in [-0.15, -0.1) is 0 Å². The molecule has 2 aromatic carbocycles. The lowest BCUT2D eigenvalue weighted by Gasteiger charge is -2.25. The van der Waals surface area contributed by atoms with E-state index in [2.05, 4.69) is 5.32 Å². The van der Waals surface area contributed by atoms with Crippen LogP contribution in [-0.2, 0) is 9.53 Å². The van der Waals surface area contributed by atoms with Gasteiger partial charge in [-0.25, -0.2) is 4.79 Å². The average molecular weight is 383 g/mol. The van der Waals surface area contributed by atoms with Crippen LogP contribution in [-0.4, -0.2) is 31.7 Å². The second-order valence-electron chi connectivity index (χ2n) is 7.13. The Hall–Kier alpha value is -3.02. The van der Waals surface area contributed by atoms with Gasteiger partial charge in [-0.1, -0.05) is 37.6 Å². The standard InChI is InChI=1S/C22H25NO5/c1-14(2)21(17-8-9-18-19(12-17)27-11-10-26-18)23-20(24)13-28-22(25)16-6-4-15(3)5-7-16/h4-9,12,14,21H,10-11,13H2,1-3H3,(H,23,24)/t21-/m1/s1. The fraction of sp³-hybridized carbons (Fsp3) is 0.364. The average Bonchev–Trinajstić information content (AvgIpc) is 2.70. The van der Waals surface area contributed by atoms with Gasteiger partial charge in [0.25, 0.3) is 5.91 Å². The number of fused-ring (bicyclic) bond motifs is 1. The molecule has 1 N–H and O–H groups in total. The molecule has 1 amide bonds. The van der Waals surface area contributed by atoms with E-state index in [0.717, 1.165) is 11.1 Å². The van der Waals surface area contributed by atoms with Crippen LogP contribution in [0.1, 0.15) is 41.4 Å². The van der Waals surface area contributed by atoms with Crippen molar-refractivity contribution in [1.82, 2.24) is 5.32 Å². The van der Waals surface area contributed by atoms with Crippen LogP contribution in [0.3, 0.4) is 0 Å². The van der Waals surface area contributed by atoms with Gasteiger partial charge < -0.3 is 19.5 Å². The highest BCUT2D eigenvalue weighted by molar-refractivity contribution is 5.91. The fourth-order valence-corrected chi connectivity index (χ4v) is 3.01. The number of benzene rings is 2. The highest BCUT2D eigenvalue weighted by Gasteiger charge is 2.22. The van der Waals surface area contributed by atoms with E-state index in [0.29, 0.717) is 30.3 Å². The number of esters is 1. The van der Waals surface area contributed by atoms with Gasteiger partial charge in [0.2, 0.25) is 0 Å². The lowest BCUT2D eigenvalue weighted by Crippen LogP contribution is -2.35. The Morgan fingerprint density at radius 2 is 1.71 bits per heavy atom. The summed E-state index contributed by atoms with van der Waals surface area (Å²) >= 11 is 0. The Kier molecular flexibility index (Phi) is 6.19. The summed E-state index contributed by atoms with van der Waals surface area (Å²) in [5.41, 5.74) is 2.39. The van der Waals surface area contributed by atoms with Gasteiger partial charge in [-0.05, 0) is 42.7 Å². The maximum atomic E-state index is 12.4. The molecule has 28 heavy (non-hydrogen) atoms. The molecular formula is C22H25NO5. The van der Waals surface area contributed by atoms with Gasteiger partial charge in [0.15, 0.2) is 18.1 Å². The molecule has 0 radical (unpaired) electrons. The molecule has 1 aliphatic rings. The number of amides is 1. The summed E-state index contributed by atoms with van der Waals surface area (Å²) in [7, 11) is 0. The molecule has 0 saturated heterocycles. The van der Waals surface area contributed by atoms with Gasteiger partial charge in [0, 0.05) is 0 Å². The molecule has 0 fully saturated rings. The summed E-state index contributed by atoms with van der Waals surface area (Å²) in [5.74, 6) is 0.647. The number of carbonyl (C=O) groups is 2. The minimum Gasteiger partial charge on any atom is -0.486 e. The van der Waals surface area contributed by atoms with Crippen molar-refractivity contribution < 1.29 is 23.8 Å². The Morgan fingerprint density at radius 3 is 2.39 bits per heavy atom. The molecule has 1 heterocycles. The third kappa shape index (κ3) is 4.82. The smallest absolute Gasteiger partial charge is 0.338 e. The van der Waals surface area contributed by atoms with Crippen LogP contribution < -0.4 is 14.8 Å². The first kappa shape index (κ1) is 19.7. The van der Waals surface area contributed by atoms with E-state index in [9.17, 15) is 9.59 Å². The number of rotatable bonds is 6. The van der Waals surface area contributed by atoms with Crippen LogP contribution in [0.25, 0.3) is 0 Å². The van der Waals surface area contributed by atoms with Gasteiger partial charge in [-0.2, -0.15) is 0 Å². The van der Waals surface area contributed by atoms with Crippen LogP contribution in [0.5, 0.6) is 11.5 Å². The topological polar surface area (TPSA) is 73.9 Å². The molecule has 2 aromatic rings. The molecule has 148 valence electrons. The largest absolute Gasteiger partial charge is 0.486 e. The van der Waals surface area contributed by atoms with Crippen molar-refractivity contribution in [3.05, 3.63) is 59.2 Å². The van der Waals surface area contributed by atoms with E-state index >= 15 is 0 Å². The minimum absolute atomic E-state index is 0.138. The van der Waals surface area contributed by atoms with Crippen molar-refractivity contribution in [1.29, 1.82) is 0 Å². The molecule has 0 aliphatic carbocycles. The van der Waals surface area contributed by atoms with Crippen LogP contribution >= 0.6 is 0 Å². The minimum atomic E-state index is -0.518. The number of carbonyl (C=O) groups excluding carboxylic acids is 2. The summed E-state index contributed by atoms with van der Waals surface area (Å²) < 4.78 is 16.3. The Balaban J connectivity index is 1.61. The first-order valence-corrected chi connectivity index (χ1v) is 9.36. The van der Waals surface area contributed by atoms with Crippen LogP contribution in [0.4, 0.5) is 0 Å². The predicted molar refractivity (Wildman–Crippen MR) is 105 cm³/mol. The first-order valence-electron chi connectivity index (χ1n) is 9.36. The van der Waals surface area contributed by atoms with Crippen molar-refractivity contribution in [3.63, 3.8) is 0 Å². The molecule has 1 aliphatic heterocycles. The zero-order chi connectivity index (χ0) is 20.1. The second kappa shape index (κ2) is 8.78. The van der Waals surface area contributed by atoms with E-state index in [4.69, 9.17) is 14.2 Å².